The van der Waals surface area contributed by atoms with Crippen LogP contribution in [0, 0.1) is 30.1 Å². The van der Waals surface area contributed by atoms with Crippen LogP contribution in [0.15, 0.2) is 24.3 Å². The minimum Gasteiger partial charge on any atom is -0.480 e. The summed E-state index contributed by atoms with van der Waals surface area (Å²) in [5.74, 6) is 1.08. The number of aryl methyl sites for hydroxylation is 1. The van der Waals surface area contributed by atoms with Gasteiger partial charge in [-0.2, -0.15) is 0 Å². The van der Waals surface area contributed by atoms with Crippen LogP contribution in [0.4, 0.5) is 0 Å². The van der Waals surface area contributed by atoms with E-state index in [0.717, 1.165) is 30.4 Å². The van der Waals surface area contributed by atoms with Crippen LogP contribution in [0.3, 0.4) is 0 Å². The number of carboxylic acid groups (broad SMARTS) is 1. The molecule has 5 rings (SSSR count). The molecule has 4 aliphatic rings. The number of carbonyl (C=O) groups is 2. The van der Waals surface area contributed by atoms with Crippen LogP contribution in [0.25, 0.3) is 0 Å². The van der Waals surface area contributed by atoms with Crippen molar-refractivity contribution in [2.24, 2.45) is 23.2 Å². The van der Waals surface area contributed by atoms with Crippen molar-refractivity contribution >= 4 is 11.9 Å². The Balaban J connectivity index is 1.50. The smallest absolute Gasteiger partial charge is 0.326 e. The van der Waals surface area contributed by atoms with Gasteiger partial charge in [0, 0.05) is 11.8 Å². The molecule has 0 unspecified atom stereocenters. The maximum absolute atomic E-state index is 13.1. The number of carboxylic acids is 1. The summed E-state index contributed by atoms with van der Waals surface area (Å²) >= 11 is 0. The fraction of sp³-hybridized carbons (Fsp3) is 0.619. The first kappa shape index (κ1) is 16.6. The Hall–Kier alpha value is -1.84. The van der Waals surface area contributed by atoms with Crippen LogP contribution in [0.1, 0.15) is 49.7 Å². The Labute approximate surface area is 149 Å². The molecule has 0 aliphatic heterocycles. The van der Waals surface area contributed by atoms with Crippen LogP contribution in [0.2, 0.25) is 0 Å². The Morgan fingerprint density at radius 1 is 1.12 bits per heavy atom. The lowest BCUT2D eigenvalue weighted by Gasteiger charge is -2.55. The molecule has 134 valence electrons. The fourth-order valence-corrected chi connectivity index (χ4v) is 5.96. The second-order valence-corrected chi connectivity index (χ2v) is 8.69. The van der Waals surface area contributed by atoms with Crippen LogP contribution >= 0.6 is 0 Å². The molecule has 4 aliphatic carbocycles. The van der Waals surface area contributed by atoms with Gasteiger partial charge in [0.05, 0.1) is 0 Å². The third-order valence-electron chi connectivity index (χ3n) is 6.81. The summed E-state index contributed by atoms with van der Waals surface area (Å²) in [5.41, 5.74) is 1.76. The second kappa shape index (κ2) is 6.15. The first-order valence-corrected chi connectivity index (χ1v) is 9.53. The third-order valence-corrected chi connectivity index (χ3v) is 6.81. The van der Waals surface area contributed by atoms with Crippen molar-refractivity contribution in [2.45, 2.75) is 57.9 Å². The second-order valence-electron chi connectivity index (χ2n) is 8.69. The molecule has 1 amide bonds. The van der Waals surface area contributed by atoms with Gasteiger partial charge < -0.3 is 10.4 Å². The quantitative estimate of drug-likeness (QED) is 0.863. The minimum absolute atomic E-state index is 0.00687. The average molecular weight is 341 g/mol. The van der Waals surface area contributed by atoms with Crippen molar-refractivity contribution in [3.05, 3.63) is 35.4 Å². The zero-order valence-corrected chi connectivity index (χ0v) is 14.8. The number of carbonyl (C=O) groups excluding carboxylic acids is 1. The molecule has 0 saturated heterocycles. The van der Waals surface area contributed by atoms with Crippen molar-refractivity contribution in [2.75, 3.05) is 0 Å². The van der Waals surface area contributed by atoms with Crippen molar-refractivity contribution in [1.29, 1.82) is 0 Å². The maximum atomic E-state index is 13.1. The van der Waals surface area contributed by atoms with Crippen LogP contribution in [-0.4, -0.2) is 23.0 Å². The van der Waals surface area contributed by atoms with Gasteiger partial charge in [-0.25, -0.2) is 4.79 Å². The van der Waals surface area contributed by atoms with Gasteiger partial charge in [-0.05, 0) is 74.3 Å². The van der Waals surface area contributed by atoms with Gasteiger partial charge in [0.15, 0.2) is 0 Å². The average Bonchev–Trinajstić information content (AvgIpc) is 2.54. The number of hydrogen-bond donors (Lipinski definition) is 2. The third kappa shape index (κ3) is 3.07. The summed E-state index contributed by atoms with van der Waals surface area (Å²) in [6, 6.07) is 6.95. The first-order chi connectivity index (χ1) is 11.9. The molecule has 4 saturated carbocycles. The summed E-state index contributed by atoms with van der Waals surface area (Å²) in [6.45, 7) is 1.98. The van der Waals surface area contributed by atoms with E-state index in [2.05, 4.69) is 5.32 Å². The normalized spacial score (nSPS) is 33.9. The highest BCUT2D eigenvalue weighted by Gasteiger charge is 2.54. The Kier molecular flexibility index (Phi) is 4.09. The summed E-state index contributed by atoms with van der Waals surface area (Å²) in [7, 11) is 0. The number of nitrogens with one attached hydrogen (secondary N) is 1. The lowest BCUT2D eigenvalue weighted by Crippen LogP contribution is -2.56. The van der Waals surface area contributed by atoms with Crippen molar-refractivity contribution in [3.63, 3.8) is 0 Å². The molecule has 2 N–H and O–H groups in total. The minimum atomic E-state index is -0.943. The van der Waals surface area contributed by atoms with E-state index in [4.69, 9.17) is 0 Å². The van der Waals surface area contributed by atoms with Crippen LogP contribution in [0.5, 0.6) is 0 Å². The molecular weight excluding hydrogens is 314 g/mol. The molecule has 0 radical (unpaired) electrons. The van der Waals surface area contributed by atoms with Crippen molar-refractivity contribution in [1.82, 2.24) is 5.32 Å². The summed E-state index contributed by atoms with van der Waals surface area (Å²) in [6.07, 6.45) is 7.05. The van der Waals surface area contributed by atoms with E-state index in [9.17, 15) is 14.7 Å². The summed E-state index contributed by atoms with van der Waals surface area (Å²) in [5, 5.41) is 12.6. The number of hydrogen-bond acceptors (Lipinski definition) is 2. The highest BCUT2D eigenvalue weighted by Crippen LogP contribution is 2.60. The number of benzene rings is 1. The molecule has 0 heterocycles. The van der Waals surface area contributed by atoms with Gasteiger partial charge in [-0.3, -0.25) is 4.79 Å². The molecule has 4 heteroatoms. The molecule has 4 bridgehead atoms. The van der Waals surface area contributed by atoms with Gasteiger partial charge in [0.1, 0.15) is 6.04 Å². The summed E-state index contributed by atoms with van der Waals surface area (Å²) in [4.78, 5) is 24.9. The lowest BCUT2D eigenvalue weighted by molar-refractivity contribution is -0.151. The number of aliphatic carboxylic acids is 1. The van der Waals surface area contributed by atoms with E-state index in [-0.39, 0.29) is 11.3 Å². The van der Waals surface area contributed by atoms with Crippen LogP contribution < -0.4 is 5.32 Å². The van der Waals surface area contributed by atoms with Crippen molar-refractivity contribution < 1.29 is 14.7 Å². The van der Waals surface area contributed by atoms with E-state index in [1.807, 2.05) is 31.2 Å². The van der Waals surface area contributed by atoms with Gasteiger partial charge in [0.25, 0.3) is 0 Å². The molecule has 1 atom stereocenters. The highest BCUT2D eigenvalue weighted by molar-refractivity contribution is 5.88. The number of rotatable bonds is 5. The highest BCUT2D eigenvalue weighted by atomic mass is 16.4. The molecule has 4 nitrogen and oxygen atoms in total. The fourth-order valence-electron chi connectivity index (χ4n) is 5.96. The Morgan fingerprint density at radius 3 is 2.20 bits per heavy atom. The molecule has 0 aromatic heterocycles. The van der Waals surface area contributed by atoms with Crippen molar-refractivity contribution in [3.8, 4) is 0 Å². The van der Waals surface area contributed by atoms with Gasteiger partial charge >= 0.3 is 5.97 Å². The lowest BCUT2D eigenvalue weighted by atomic mass is 9.49. The van der Waals surface area contributed by atoms with Crippen LogP contribution in [-0.2, 0) is 16.0 Å². The predicted molar refractivity (Wildman–Crippen MR) is 95.1 cm³/mol. The predicted octanol–water partition coefficient (Wildman–Crippen LogP) is 3.32. The molecule has 1 aromatic carbocycles. The Morgan fingerprint density at radius 2 is 1.68 bits per heavy atom. The van der Waals surface area contributed by atoms with E-state index < -0.39 is 12.0 Å². The largest absolute Gasteiger partial charge is 0.480 e. The van der Waals surface area contributed by atoms with E-state index >= 15 is 0 Å². The number of amides is 1. The zero-order chi connectivity index (χ0) is 17.6. The van der Waals surface area contributed by atoms with Gasteiger partial charge in [-0.1, -0.05) is 24.3 Å². The molecule has 1 aromatic rings. The summed E-state index contributed by atoms with van der Waals surface area (Å²) < 4.78 is 0. The zero-order valence-electron chi connectivity index (χ0n) is 14.8. The molecule has 4 fully saturated rings. The monoisotopic (exact) mass is 341 g/mol. The Bertz CT molecular complexity index is 661. The van der Waals surface area contributed by atoms with Gasteiger partial charge in [-0.15, -0.1) is 0 Å². The van der Waals surface area contributed by atoms with E-state index in [1.54, 1.807) is 0 Å². The molecular formula is C21H27NO3. The standard InChI is InChI=1S/C21H27NO3/c1-13-4-2-3-5-17(13)9-18(19(23)24)22-20(25)21-10-14-6-15(11-21)8-16(7-14)12-21/h2-5,14-16,18H,6-12H2,1H3,(H,22,25)(H,23,24)/t14?,15?,16?,18-,21?/m1/s1. The first-order valence-electron chi connectivity index (χ1n) is 9.53. The van der Waals surface area contributed by atoms with Gasteiger partial charge in [0.2, 0.25) is 5.91 Å². The van der Waals surface area contributed by atoms with E-state index in [0.29, 0.717) is 24.2 Å². The SMILES string of the molecule is Cc1ccccc1C[C@@H](NC(=O)C12CC3CC(CC(C3)C1)C2)C(=O)O. The molecule has 25 heavy (non-hydrogen) atoms. The van der Waals surface area contributed by atoms with E-state index in [1.165, 1.54) is 19.3 Å². The maximum Gasteiger partial charge on any atom is 0.326 e. The molecule has 0 spiro atoms. The topological polar surface area (TPSA) is 66.4 Å².